The Bertz CT molecular complexity index is 240. The minimum absolute atomic E-state index is 0.233. The molecule has 0 radical (unpaired) electrons. The standard InChI is InChI=1S/C13H23NO2/c1-3-9-14(10-8-13(15)16)12-7-5-4-6-11(12)2/h3,11-12H,1,4-10H2,2H3,(H,15,16). The average Bonchev–Trinajstić information content (AvgIpc) is 2.25. The quantitative estimate of drug-likeness (QED) is 0.706. The molecule has 0 aromatic rings. The summed E-state index contributed by atoms with van der Waals surface area (Å²) in [6, 6.07) is 0.547. The summed E-state index contributed by atoms with van der Waals surface area (Å²) in [7, 11) is 0. The first-order chi connectivity index (χ1) is 7.65. The van der Waals surface area contributed by atoms with E-state index in [1.807, 2.05) is 6.08 Å². The van der Waals surface area contributed by atoms with Crippen LogP contribution in [0.5, 0.6) is 0 Å². The third-order valence-corrected chi connectivity index (χ3v) is 3.51. The molecular formula is C13H23NO2. The first-order valence-electron chi connectivity index (χ1n) is 6.22. The lowest BCUT2D eigenvalue weighted by Crippen LogP contribution is -2.42. The van der Waals surface area contributed by atoms with E-state index in [1.54, 1.807) is 0 Å². The Balaban J connectivity index is 2.52. The van der Waals surface area contributed by atoms with E-state index in [0.29, 0.717) is 18.5 Å². The van der Waals surface area contributed by atoms with Crippen LogP contribution in [0, 0.1) is 5.92 Å². The predicted molar refractivity (Wildman–Crippen MR) is 65.4 cm³/mol. The van der Waals surface area contributed by atoms with Crippen molar-refractivity contribution in [3.63, 3.8) is 0 Å². The number of nitrogens with zero attached hydrogens (tertiary/aromatic N) is 1. The van der Waals surface area contributed by atoms with Crippen molar-refractivity contribution in [2.75, 3.05) is 13.1 Å². The van der Waals surface area contributed by atoms with Crippen molar-refractivity contribution >= 4 is 5.97 Å². The number of hydrogen-bond donors (Lipinski definition) is 1. The molecule has 2 unspecified atom stereocenters. The molecule has 0 saturated heterocycles. The van der Waals surface area contributed by atoms with Crippen LogP contribution in [-0.4, -0.2) is 35.1 Å². The number of hydrogen-bond acceptors (Lipinski definition) is 2. The number of carboxylic acid groups (broad SMARTS) is 1. The maximum absolute atomic E-state index is 10.6. The van der Waals surface area contributed by atoms with Crippen LogP contribution in [0.3, 0.4) is 0 Å². The van der Waals surface area contributed by atoms with Gasteiger partial charge in [-0.1, -0.05) is 25.8 Å². The van der Waals surface area contributed by atoms with Gasteiger partial charge in [-0.3, -0.25) is 9.69 Å². The van der Waals surface area contributed by atoms with E-state index >= 15 is 0 Å². The van der Waals surface area contributed by atoms with Gasteiger partial charge >= 0.3 is 5.97 Å². The van der Waals surface area contributed by atoms with E-state index in [-0.39, 0.29) is 6.42 Å². The van der Waals surface area contributed by atoms with E-state index < -0.39 is 5.97 Å². The summed E-state index contributed by atoms with van der Waals surface area (Å²) in [5.74, 6) is -0.0278. The Hall–Kier alpha value is -0.830. The Morgan fingerprint density at radius 3 is 2.75 bits per heavy atom. The van der Waals surface area contributed by atoms with Gasteiger partial charge in [-0.05, 0) is 18.8 Å². The van der Waals surface area contributed by atoms with Gasteiger partial charge in [0.05, 0.1) is 6.42 Å². The molecule has 1 aliphatic rings. The normalized spacial score (nSPS) is 25.6. The highest BCUT2D eigenvalue weighted by Crippen LogP contribution is 2.28. The molecule has 0 heterocycles. The molecule has 0 bridgehead atoms. The molecule has 16 heavy (non-hydrogen) atoms. The van der Waals surface area contributed by atoms with E-state index in [2.05, 4.69) is 18.4 Å². The van der Waals surface area contributed by atoms with E-state index in [0.717, 1.165) is 6.54 Å². The van der Waals surface area contributed by atoms with Crippen molar-refractivity contribution in [3.8, 4) is 0 Å². The third-order valence-electron chi connectivity index (χ3n) is 3.51. The molecule has 0 amide bonds. The largest absolute Gasteiger partial charge is 0.481 e. The Kier molecular flexibility index (Phi) is 5.53. The summed E-state index contributed by atoms with van der Waals surface area (Å²) in [4.78, 5) is 12.9. The highest BCUT2D eigenvalue weighted by Gasteiger charge is 2.26. The van der Waals surface area contributed by atoms with Gasteiger partial charge in [0.1, 0.15) is 0 Å². The fraction of sp³-hybridized carbons (Fsp3) is 0.769. The van der Waals surface area contributed by atoms with Gasteiger partial charge in [-0.15, -0.1) is 6.58 Å². The van der Waals surface area contributed by atoms with Crippen molar-refractivity contribution in [1.29, 1.82) is 0 Å². The molecule has 1 rings (SSSR count). The summed E-state index contributed by atoms with van der Waals surface area (Å²) >= 11 is 0. The smallest absolute Gasteiger partial charge is 0.304 e. The van der Waals surface area contributed by atoms with Crippen LogP contribution in [0.25, 0.3) is 0 Å². The monoisotopic (exact) mass is 225 g/mol. The van der Waals surface area contributed by atoms with Crippen LogP contribution in [0.2, 0.25) is 0 Å². The molecule has 3 nitrogen and oxygen atoms in total. The Morgan fingerprint density at radius 2 is 2.19 bits per heavy atom. The first kappa shape index (κ1) is 13.2. The molecule has 0 aliphatic heterocycles. The second kappa shape index (κ2) is 6.69. The van der Waals surface area contributed by atoms with Gasteiger partial charge in [-0.25, -0.2) is 0 Å². The van der Waals surface area contributed by atoms with E-state index in [4.69, 9.17) is 5.11 Å². The van der Waals surface area contributed by atoms with Crippen molar-refractivity contribution < 1.29 is 9.90 Å². The maximum atomic E-state index is 10.6. The van der Waals surface area contributed by atoms with Gasteiger partial charge in [0.15, 0.2) is 0 Å². The van der Waals surface area contributed by atoms with Gasteiger partial charge in [0.2, 0.25) is 0 Å². The topological polar surface area (TPSA) is 40.5 Å². The highest BCUT2D eigenvalue weighted by molar-refractivity contribution is 5.66. The molecular weight excluding hydrogens is 202 g/mol. The Labute approximate surface area is 98.1 Å². The lowest BCUT2D eigenvalue weighted by molar-refractivity contribution is -0.137. The molecule has 92 valence electrons. The number of carboxylic acids is 1. The molecule has 0 aromatic carbocycles. The second-order valence-electron chi connectivity index (χ2n) is 4.76. The third kappa shape index (κ3) is 3.97. The molecule has 1 N–H and O–H groups in total. The minimum Gasteiger partial charge on any atom is -0.481 e. The highest BCUT2D eigenvalue weighted by atomic mass is 16.4. The summed E-state index contributed by atoms with van der Waals surface area (Å²) < 4.78 is 0. The molecule has 3 heteroatoms. The summed E-state index contributed by atoms with van der Waals surface area (Å²) in [6.45, 7) is 7.49. The average molecular weight is 225 g/mol. The summed E-state index contributed by atoms with van der Waals surface area (Å²) in [5.41, 5.74) is 0. The van der Waals surface area contributed by atoms with Crippen molar-refractivity contribution in [1.82, 2.24) is 4.90 Å². The van der Waals surface area contributed by atoms with Gasteiger partial charge in [0.25, 0.3) is 0 Å². The van der Waals surface area contributed by atoms with Crippen LogP contribution in [0.15, 0.2) is 12.7 Å². The van der Waals surface area contributed by atoms with Gasteiger partial charge < -0.3 is 5.11 Å². The van der Waals surface area contributed by atoms with E-state index in [1.165, 1.54) is 25.7 Å². The van der Waals surface area contributed by atoms with Crippen LogP contribution >= 0.6 is 0 Å². The minimum atomic E-state index is -0.711. The Morgan fingerprint density at radius 1 is 1.50 bits per heavy atom. The van der Waals surface area contributed by atoms with Crippen LogP contribution in [0.4, 0.5) is 0 Å². The molecule has 1 fully saturated rings. The lowest BCUT2D eigenvalue weighted by Gasteiger charge is -2.38. The van der Waals surface area contributed by atoms with Gasteiger partial charge in [0, 0.05) is 19.1 Å². The lowest BCUT2D eigenvalue weighted by atomic mass is 9.85. The van der Waals surface area contributed by atoms with Crippen LogP contribution in [0.1, 0.15) is 39.0 Å². The van der Waals surface area contributed by atoms with E-state index in [9.17, 15) is 4.79 Å². The zero-order chi connectivity index (χ0) is 12.0. The molecule has 0 aromatic heterocycles. The summed E-state index contributed by atoms with van der Waals surface area (Å²) in [5, 5.41) is 8.74. The SMILES string of the molecule is C=CCN(CCC(=O)O)C1CCCCC1C. The van der Waals surface area contributed by atoms with Crippen molar-refractivity contribution in [2.24, 2.45) is 5.92 Å². The van der Waals surface area contributed by atoms with Crippen LogP contribution in [-0.2, 0) is 4.79 Å². The maximum Gasteiger partial charge on any atom is 0.304 e. The zero-order valence-corrected chi connectivity index (χ0v) is 10.2. The number of aliphatic carboxylic acids is 1. The molecule has 2 atom stereocenters. The van der Waals surface area contributed by atoms with Crippen molar-refractivity contribution in [3.05, 3.63) is 12.7 Å². The predicted octanol–water partition coefficient (Wildman–Crippen LogP) is 2.53. The first-order valence-corrected chi connectivity index (χ1v) is 6.22. The fourth-order valence-electron chi connectivity index (χ4n) is 2.64. The van der Waals surface area contributed by atoms with Crippen molar-refractivity contribution in [2.45, 2.75) is 45.1 Å². The zero-order valence-electron chi connectivity index (χ0n) is 10.2. The second-order valence-corrected chi connectivity index (χ2v) is 4.76. The van der Waals surface area contributed by atoms with Gasteiger partial charge in [-0.2, -0.15) is 0 Å². The molecule has 1 saturated carbocycles. The number of carbonyl (C=O) groups is 1. The molecule has 1 aliphatic carbocycles. The fourth-order valence-corrected chi connectivity index (χ4v) is 2.64. The summed E-state index contributed by atoms with van der Waals surface area (Å²) in [6.07, 6.45) is 7.18. The molecule has 0 spiro atoms. The van der Waals surface area contributed by atoms with Crippen LogP contribution < -0.4 is 0 Å². The number of rotatable bonds is 6.